The molecular weight excluding hydrogens is 713 g/mol. The summed E-state index contributed by atoms with van der Waals surface area (Å²) in [5.41, 5.74) is 11.0. The van der Waals surface area contributed by atoms with Crippen LogP contribution in [-0.2, 0) is 32.9 Å². The number of benzene rings is 3. The van der Waals surface area contributed by atoms with Crippen LogP contribution in [0, 0.1) is 32.9 Å². The maximum Gasteiger partial charge on any atom is 0.138 e. The van der Waals surface area contributed by atoms with Gasteiger partial charge in [-0.2, -0.15) is 0 Å². The fourth-order valence-corrected chi connectivity index (χ4v) is 7.02. The number of nitrogens with zero attached hydrogens (tertiary/aromatic N) is 2. The van der Waals surface area contributed by atoms with Gasteiger partial charge in [-0.05, 0) is 79.9 Å². The van der Waals surface area contributed by atoms with Crippen molar-refractivity contribution in [2.24, 2.45) is 0 Å². The van der Waals surface area contributed by atoms with E-state index in [2.05, 4.69) is 66.3 Å². The molecule has 4 aromatic heterocycles. The average Bonchev–Trinajstić information content (AvgIpc) is 3.58. The van der Waals surface area contributed by atoms with Crippen LogP contribution in [-0.4, -0.2) is 9.97 Å². The van der Waals surface area contributed by atoms with Crippen molar-refractivity contribution in [2.75, 3.05) is 0 Å². The van der Waals surface area contributed by atoms with Gasteiger partial charge in [0.15, 0.2) is 0 Å². The minimum Gasteiger partial charge on any atom is -0.499 e. The SMILES string of the molecule is Cc1ccc(-c2[c-]cccc2)nc1.Cc1cnc(-c2[c-]ccc3c2oc2c3ccc3c4c(sc32)CCCC4)cc1C.[Ir]. The molecule has 8 rings (SSSR count). The molecule has 0 amide bonds. The molecule has 1 aliphatic carbocycles. The van der Waals surface area contributed by atoms with Gasteiger partial charge < -0.3 is 14.4 Å². The number of rotatable bonds is 2. The molecule has 0 fully saturated rings. The van der Waals surface area contributed by atoms with Crippen molar-refractivity contribution in [1.82, 2.24) is 9.97 Å². The molecule has 42 heavy (non-hydrogen) atoms. The van der Waals surface area contributed by atoms with Crippen LogP contribution in [0.25, 0.3) is 54.5 Å². The first-order valence-electron chi connectivity index (χ1n) is 14.2. The summed E-state index contributed by atoms with van der Waals surface area (Å²) < 4.78 is 7.84. The summed E-state index contributed by atoms with van der Waals surface area (Å²) in [6, 6.07) is 29.2. The topological polar surface area (TPSA) is 38.9 Å². The summed E-state index contributed by atoms with van der Waals surface area (Å²) >= 11 is 1.93. The largest absolute Gasteiger partial charge is 0.499 e. The van der Waals surface area contributed by atoms with E-state index < -0.39 is 0 Å². The summed E-state index contributed by atoms with van der Waals surface area (Å²) in [6.45, 7) is 6.25. The second-order valence-electron chi connectivity index (χ2n) is 10.9. The molecule has 1 radical (unpaired) electrons. The zero-order valence-electron chi connectivity index (χ0n) is 23.9. The Morgan fingerprint density at radius 3 is 2.33 bits per heavy atom. The van der Waals surface area contributed by atoms with Crippen molar-refractivity contribution in [3.05, 3.63) is 118 Å². The Labute approximate surface area is 264 Å². The summed E-state index contributed by atoms with van der Waals surface area (Å²) in [7, 11) is 0. The van der Waals surface area contributed by atoms with E-state index in [9.17, 15) is 0 Å². The van der Waals surface area contributed by atoms with Gasteiger partial charge in [-0.25, -0.2) is 0 Å². The first-order valence-corrected chi connectivity index (χ1v) is 15.0. The second kappa shape index (κ2) is 11.9. The number of pyridine rings is 2. The smallest absolute Gasteiger partial charge is 0.138 e. The Kier molecular flexibility index (Phi) is 8.09. The monoisotopic (exact) mass is 743 g/mol. The van der Waals surface area contributed by atoms with Crippen molar-refractivity contribution < 1.29 is 24.5 Å². The van der Waals surface area contributed by atoms with E-state index >= 15 is 0 Å². The molecular formula is C37H30IrN2OS-2. The van der Waals surface area contributed by atoms with E-state index in [4.69, 9.17) is 4.42 Å². The Morgan fingerprint density at radius 2 is 1.55 bits per heavy atom. The summed E-state index contributed by atoms with van der Waals surface area (Å²) in [4.78, 5) is 10.5. The average molecular weight is 743 g/mol. The minimum atomic E-state index is 0. The van der Waals surface area contributed by atoms with Crippen LogP contribution in [0.2, 0.25) is 0 Å². The predicted molar refractivity (Wildman–Crippen MR) is 171 cm³/mol. The molecule has 3 aromatic carbocycles. The molecule has 0 atom stereocenters. The van der Waals surface area contributed by atoms with E-state index in [0.29, 0.717) is 0 Å². The third-order valence-electron chi connectivity index (χ3n) is 8.05. The predicted octanol–water partition coefficient (Wildman–Crippen LogP) is 10.0. The molecule has 3 nitrogen and oxygen atoms in total. The fraction of sp³-hybridized carbons (Fsp3) is 0.189. The standard InChI is InChI=1S/C25H20NOS.C12H10N.Ir/c1-14-12-21(26-13-15(14)2)20-8-5-7-17-18-10-11-19-16-6-3-4-9-22(16)28-25(19)24(18)27-23(17)20;1-10-7-8-12(13-9-10)11-5-3-2-4-6-11;/h5,7,10-13H,3-4,6,9H2,1-2H3;2-5,7-9H,1H3;/q2*-1;. The van der Waals surface area contributed by atoms with Crippen LogP contribution in [0.3, 0.4) is 0 Å². The minimum absolute atomic E-state index is 0. The fourth-order valence-electron chi connectivity index (χ4n) is 5.65. The normalized spacial score (nSPS) is 12.5. The third-order valence-corrected chi connectivity index (χ3v) is 9.35. The van der Waals surface area contributed by atoms with Gasteiger partial charge in [0.05, 0.1) is 10.3 Å². The zero-order valence-corrected chi connectivity index (χ0v) is 27.1. The first-order chi connectivity index (χ1) is 20.1. The van der Waals surface area contributed by atoms with Crippen LogP contribution >= 0.6 is 11.3 Å². The van der Waals surface area contributed by atoms with Crippen LogP contribution in [0.5, 0.6) is 0 Å². The van der Waals surface area contributed by atoms with Gasteiger partial charge in [0.1, 0.15) is 5.58 Å². The van der Waals surface area contributed by atoms with Gasteiger partial charge in [0.2, 0.25) is 0 Å². The van der Waals surface area contributed by atoms with Crippen LogP contribution < -0.4 is 0 Å². The van der Waals surface area contributed by atoms with Gasteiger partial charge >= 0.3 is 0 Å². The second-order valence-corrected chi connectivity index (χ2v) is 12.0. The molecule has 0 N–H and O–H groups in total. The molecule has 0 aliphatic heterocycles. The quantitative estimate of drug-likeness (QED) is 0.166. The zero-order chi connectivity index (χ0) is 27.9. The molecule has 4 heterocycles. The number of thiophene rings is 1. The van der Waals surface area contributed by atoms with Crippen molar-refractivity contribution in [2.45, 2.75) is 46.5 Å². The number of aryl methyl sites for hydroxylation is 5. The van der Waals surface area contributed by atoms with Gasteiger partial charge in [-0.1, -0.05) is 46.8 Å². The van der Waals surface area contributed by atoms with Crippen molar-refractivity contribution in [1.29, 1.82) is 0 Å². The molecule has 7 aromatic rings. The van der Waals surface area contributed by atoms with Crippen molar-refractivity contribution >= 4 is 43.4 Å². The van der Waals surface area contributed by atoms with Gasteiger partial charge in [0, 0.05) is 42.8 Å². The van der Waals surface area contributed by atoms with E-state index in [1.807, 2.05) is 67.1 Å². The number of fused-ring (bicyclic) bond motifs is 7. The van der Waals surface area contributed by atoms with E-state index in [1.54, 1.807) is 10.4 Å². The molecule has 0 bridgehead atoms. The van der Waals surface area contributed by atoms with E-state index in [-0.39, 0.29) is 20.1 Å². The number of hydrogen-bond acceptors (Lipinski definition) is 4. The third kappa shape index (κ3) is 5.22. The Hall–Kier alpha value is -3.63. The van der Waals surface area contributed by atoms with E-state index in [0.717, 1.165) is 39.1 Å². The molecule has 211 valence electrons. The van der Waals surface area contributed by atoms with Crippen LogP contribution in [0.4, 0.5) is 0 Å². The Bertz CT molecular complexity index is 2020. The summed E-state index contributed by atoms with van der Waals surface area (Å²) in [6.07, 6.45) is 8.82. The molecule has 5 heteroatoms. The first kappa shape index (κ1) is 28.5. The Morgan fingerprint density at radius 1 is 0.738 bits per heavy atom. The van der Waals surface area contributed by atoms with Crippen LogP contribution in [0.1, 0.15) is 40.0 Å². The van der Waals surface area contributed by atoms with Gasteiger partial charge in [0.25, 0.3) is 0 Å². The summed E-state index contributed by atoms with van der Waals surface area (Å²) in [5, 5.41) is 3.73. The van der Waals surface area contributed by atoms with E-state index in [1.165, 1.54) is 57.8 Å². The van der Waals surface area contributed by atoms with Gasteiger partial charge in [-0.15, -0.1) is 65.4 Å². The van der Waals surface area contributed by atoms with Gasteiger partial charge in [-0.3, -0.25) is 0 Å². The number of hydrogen-bond donors (Lipinski definition) is 0. The van der Waals surface area contributed by atoms with Crippen LogP contribution in [0.15, 0.2) is 83.5 Å². The summed E-state index contributed by atoms with van der Waals surface area (Å²) in [5.74, 6) is 0. The number of furan rings is 1. The van der Waals surface area contributed by atoms with Crippen molar-refractivity contribution in [3.8, 4) is 22.5 Å². The Balaban J connectivity index is 0.000000191. The van der Waals surface area contributed by atoms with Crippen molar-refractivity contribution in [3.63, 3.8) is 0 Å². The molecule has 1 aliphatic rings. The number of aromatic nitrogens is 2. The maximum absolute atomic E-state index is 6.54. The molecule has 0 saturated carbocycles. The molecule has 0 saturated heterocycles. The molecule has 0 spiro atoms. The molecule has 0 unspecified atom stereocenters. The maximum atomic E-state index is 6.54.